The number of nitrogens with one attached hydrogen (secondary N) is 1. The molecule has 2 nitrogen and oxygen atoms in total. The Hall–Kier alpha value is -1.87. The van der Waals surface area contributed by atoms with Gasteiger partial charge in [-0.25, -0.2) is 4.39 Å². The SMILES string of the molecule is CNCc1ccccc1COc1ccc(F)c(C)c1. The van der Waals surface area contributed by atoms with Crippen LogP contribution in [0.3, 0.4) is 0 Å². The van der Waals surface area contributed by atoms with E-state index in [9.17, 15) is 4.39 Å². The van der Waals surface area contributed by atoms with Crippen LogP contribution in [0.15, 0.2) is 42.5 Å². The minimum Gasteiger partial charge on any atom is -0.489 e. The molecule has 0 saturated heterocycles. The van der Waals surface area contributed by atoms with Gasteiger partial charge in [0.2, 0.25) is 0 Å². The van der Waals surface area contributed by atoms with E-state index in [1.807, 2.05) is 25.2 Å². The molecule has 0 fully saturated rings. The summed E-state index contributed by atoms with van der Waals surface area (Å²) in [5, 5.41) is 3.13. The van der Waals surface area contributed by atoms with Crippen LogP contribution >= 0.6 is 0 Å². The van der Waals surface area contributed by atoms with Crippen molar-refractivity contribution in [3.63, 3.8) is 0 Å². The molecule has 1 N–H and O–H groups in total. The number of halogens is 1. The van der Waals surface area contributed by atoms with Crippen LogP contribution in [0.25, 0.3) is 0 Å². The molecule has 0 heterocycles. The van der Waals surface area contributed by atoms with E-state index in [1.165, 1.54) is 11.6 Å². The highest BCUT2D eigenvalue weighted by molar-refractivity contribution is 5.30. The predicted molar refractivity (Wildman–Crippen MR) is 74.7 cm³/mol. The highest BCUT2D eigenvalue weighted by atomic mass is 19.1. The van der Waals surface area contributed by atoms with Gasteiger partial charge in [-0.05, 0) is 48.9 Å². The van der Waals surface area contributed by atoms with Crippen LogP contribution in [-0.4, -0.2) is 7.05 Å². The lowest BCUT2D eigenvalue weighted by molar-refractivity contribution is 0.304. The standard InChI is InChI=1S/C16H18FNO/c1-12-9-15(7-8-16(12)17)19-11-14-6-4-3-5-13(14)10-18-2/h3-9,18H,10-11H2,1-2H3. The van der Waals surface area contributed by atoms with Gasteiger partial charge in [0.15, 0.2) is 0 Å². The molecule has 3 heteroatoms. The first-order valence-corrected chi connectivity index (χ1v) is 6.31. The van der Waals surface area contributed by atoms with E-state index in [-0.39, 0.29) is 5.82 Å². The predicted octanol–water partition coefficient (Wildman–Crippen LogP) is 3.43. The van der Waals surface area contributed by atoms with E-state index in [2.05, 4.69) is 11.4 Å². The maximum absolute atomic E-state index is 13.2. The van der Waals surface area contributed by atoms with Crippen molar-refractivity contribution in [2.24, 2.45) is 0 Å². The van der Waals surface area contributed by atoms with Gasteiger partial charge < -0.3 is 10.1 Å². The third-order valence-corrected chi connectivity index (χ3v) is 3.01. The lowest BCUT2D eigenvalue weighted by Crippen LogP contribution is -2.09. The molecule has 2 aromatic carbocycles. The zero-order valence-electron chi connectivity index (χ0n) is 11.2. The molecule has 0 radical (unpaired) electrons. The molecule has 100 valence electrons. The van der Waals surface area contributed by atoms with Crippen LogP contribution in [-0.2, 0) is 13.2 Å². The molecule has 2 aromatic rings. The zero-order valence-corrected chi connectivity index (χ0v) is 11.2. The van der Waals surface area contributed by atoms with E-state index in [0.29, 0.717) is 17.9 Å². The Kier molecular flexibility index (Phi) is 4.53. The first kappa shape index (κ1) is 13.6. The second-order valence-electron chi connectivity index (χ2n) is 4.50. The van der Waals surface area contributed by atoms with Crippen molar-refractivity contribution in [3.05, 3.63) is 65.0 Å². The fourth-order valence-corrected chi connectivity index (χ4v) is 1.93. The Morgan fingerprint density at radius 3 is 2.53 bits per heavy atom. The molecule has 0 spiro atoms. The molecular weight excluding hydrogens is 241 g/mol. The summed E-state index contributed by atoms with van der Waals surface area (Å²) in [5.74, 6) is 0.487. The minimum absolute atomic E-state index is 0.206. The molecule has 0 aliphatic carbocycles. The van der Waals surface area contributed by atoms with E-state index >= 15 is 0 Å². The zero-order chi connectivity index (χ0) is 13.7. The van der Waals surface area contributed by atoms with Crippen molar-refractivity contribution < 1.29 is 9.13 Å². The van der Waals surface area contributed by atoms with Gasteiger partial charge in [0.25, 0.3) is 0 Å². The quantitative estimate of drug-likeness (QED) is 0.888. The number of rotatable bonds is 5. The van der Waals surface area contributed by atoms with Gasteiger partial charge in [-0.1, -0.05) is 24.3 Å². The molecule has 0 saturated carbocycles. The van der Waals surface area contributed by atoms with Crippen molar-refractivity contribution in [2.75, 3.05) is 7.05 Å². The second kappa shape index (κ2) is 6.34. The highest BCUT2D eigenvalue weighted by Gasteiger charge is 2.03. The maximum Gasteiger partial charge on any atom is 0.126 e. The van der Waals surface area contributed by atoms with Crippen molar-refractivity contribution in [1.29, 1.82) is 0 Å². The van der Waals surface area contributed by atoms with Crippen molar-refractivity contribution in [3.8, 4) is 5.75 Å². The summed E-state index contributed by atoms with van der Waals surface area (Å²) in [7, 11) is 1.92. The number of aryl methyl sites for hydroxylation is 1. The number of hydrogen-bond acceptors (Lipinski definition) is 2. The molecule has 2 rings (SSSR count). The summed E-state index contributed by atoms with van der Waals surface area (Å²) in [6.07, 6.45) is 0. The largest absolute Gasteiger partial charge is 0.489 e. The molecule has 0 unspecified atom stereocenters. The summed E-state index contributed by atoms with van der Waals surface area (Å²) >= 11 is 0. The van der Waals surface area contributed by atoms with Crippen LogP contribution in [0, 0.1) is 12.7 Å². The number of ether oxygens (including phenoxy) is 1. The van der Waals surface area contributed by atoms with Crippen molar-refractivity contribution >= 4 is 0 Å². The third kappa shape index (κ3) is 3.55. The van der Waals surface area contributed by atoms with Crippen molar-refractivity contribution in [1.82, 2.24) is 5.32 Å². The summed E-state index contributed by atoms with van der Waals surface area (Å²) in [5.41, 5.74) is 2.95. The average molecular weight is 259 g/mol. The maximum atomic E-state index is 13.2. The van der Waals surface area contributed by atoms with Gasteiger partial charge in [0.05, 0.1) is 0 Å². The van der Waals surface area contributed by atoms with Gasteiger partial charge in [-0.3, -0.25) is 0 Å². The summed E-state index contributed by atoms with van der Waals surface area (Å²) < 4.78 is 18.9. The van der Waals surface area contributed by atoms with Gasteiger partial charge in [-0.2, -0.15) is 0 Å². The lowest BCUT2D eigenvalue weighted by Gasteiger charge is -2.11. The van der Waals surface area contributed by atoms with Gasteiger partial charge in [-0.15, -0.1) is 0 Å². The summed E-state index contributed by atoms with van der Waals surface area (Å²) in [6, 6.07) is 12.9. The van der Waals surface area contributed by atoms with Gasteiger partial charge in [0, 0.05) is 6.54 Å². The highest BCUT2D eigenvalue weighted by Crippen LogP contribution is 2.18. The first-order chi connectivity index (χ1) is 9.20. The van der Waals surface area contributed by atoms with E-state index in [1.54, 1.807) is 19.1 Å². The van der Waals surface area contributed by atoms with Gasteiger partial charge in [0.1, 0.15) is 18.2 Å². The summed E-state index contributed by atoms with van der Waals surface area (Å²) in [4.78, 5) is 0. The van der Waals surface area contributed by atoms with Crippen LogP contribution in [0.2, 0.25) is 0 Å². The first-order valence-electron chi connectivity index (χ1n) is 6.31. The molecular formula is C16H18FNO. The van der Waals surface area contributed by atoms with Crippen molar-refractivity contribution in [2.45, 2.75) is 20.1 Å². The normalized spacial score (nSPS) is 10.5. The Morgan fingerprint density at radius 1 is 1.11 bits per heavy atom. The average Bonchev–Trinajstić information content (AvgIpc) is 2.42. The van der Waals surface area contributed by atoms with Gasteiger partial charge >= 0.3 is 0 Å². The van der Waals surface area contributed by atoms with Crippen LogP contribution in [0.1, 0.15) is 16.7 Å². The van der Waals surface area contributed by atoms with E-state index in [0.717, 1.165) is 12.1 Å². The second-order valence-corrected chi connectivity index (χ2v) is 4.50. The Balaban J connectivity index is 2.07. The monoisotopic (exact) mass is 259 g/mol. The minimum atomic E-state index is -0.206. The molecule has 0 aliphatic heterocycles. The number of hydrogen-bond donors (Lipinski definition) is 1. The Morgan fingerprint density at radius 2 is 1.84 bits per heavy atom. The lowest BCUT2D eigenvalue weighted by atomic mass is 10.1. The van der Waals surface area contributed by atoms with Crippen LogP contribution in [0.5, 0.6) is 5.75 Å². The Labute approximate surface area is 113 Å². The van der Waals surface area contributed by atoms with E-state index < -0.39 is 0 Å². The molecule has 0 atom stereocenters. The molecule has 0 bridgehead atoms. The summed E-state index contributed by atoms with van der Waals surface area (Å²) in [6.45, 7) is 3.03. The third-order valence-electron chi connectivity index (χ3n) is 3.01. The fourth-order valence-electron chi connectivity index (χ4n) is 1.93. The molecule has 0 amide bonds. The van der Waals surface area contributed by atoms with Crippen LogP contribution < -0.4 is 10.1 Å². The molecule has 0 aromatic heterocycles. The van der Waals surface area contributed by atoms with Crippen LogP contribution in [0.4, 0.5) is 4.39 Å². The topological polar surface area (TPSA) is 21.3 Å². The fraction of sp³-hybridized carbons (Fsp3) is 0.250. The Bertz CT molecular complexity index is 554. The molecule has 19 heavy (non-hydrogen) atoms. The molecule has 0 aliphatic rings. The smallest absolute Gasteiger partial charge is 0.126 e. The van der Waals surface area contributed by atoms with E-state index in [4.69, 9.17) is 4.74 Å². The number of benzene rings is 2.